The van der Waals surface area contributed by atoms with E-state index in [0.29, 0.717) is 23.7 Å². The Morgan fingerprint density at radius 1 is 1.50 bits per heavy atom. The average molecular weight is 277 g/mol. The molecule has 1 fully saturated rings. The Hall–Kier alpha value is -1.95. The second-order valence-electron chi connectivity index (χ2n) is 5.11. The monoisotopic (exact) mass is 277 g/mol. The van der Waals surface area contributed by atoms with Gasteiger partial charge < -0.3 is 10.6 Å². The smallest absolute Gasteiger partial charge is 0.269 e. The van der Waals surface area contributed by atoms with Crippen LogP contribution in [0.25, 0.3) is 0 Å². The van der Waals surface area contributed by atoms with Crippen LogP contribution in [0.15, 0.2) is 18.2 Å². The summed E-state index contributed by atoms with van der Waals surface area (Å²) >= 11 is 0. The molecule has 6 nitrogen and oxygen atoms in total. The van der Waals surface area contributed by atoms with Crippen LogP contribution in [0.2, 0.25) is 0 Å². The summed E-state index contributed by atoms with van der Waals surface area (Å²) in [6.07, 6.45) is 3.44. The molecule has 2 rings (SSSR count). The van der Waals surface area contributed by atoms with Crippen molar-refractivity contribution in [2.24, 2.45) is 0 Å². The fourth-order valence-corrected chi connectivity index (χ4v) is 2.43. The van der Waals surface area contributed by atoms with E-state index >= 15 is 0 Å². The average Bonchev–Trinajstić information content (AvgIpc) is 2.45. The molecule has 0 aromatic heterocycles. The zero-order valence-electron chi connectivity index (χ0n) is 11.5. The summed E-state index contributed by atoms with van der Waals surface area (Å²) in [5.41, 5.74) is 1.12. The molecule has 1 saturated heterocycles. The number of non-ortho nitro benzene ring substituents is 1. The number of rotatable bonds is 4. The predicted molar refractivity (Wildman–Crippen MR) is 75.8 cm³/mol. The highest BCUT2D eigenvalue weighted by molar-refractivity contribution is 5.95. The van der Waals surface area contributed by atoms with Crippen LogP contribution >= 0.6 is 0 Å². The van der Waals surface area contributed by atoms with E-state index in [0.717, 1.165) is 13.0 Å². The molecule has 1 heterocycles. The van der Waals surface area contributed by atoms with Crippen molar-refractivity contribution in [3.8, 4) is 0 Å². The van der Waals surface area contributed by atoms with E-state index < -0.39 is 4.92 Å². The van der Waals surface area contributed by atoms with Crippen molar-refractivity contribution in [1.82, 2.24) is 10.6 Å². The number of nitro groups is 1. The van der Waals surface area contributed by atoms with Gasteiger partial charge in [-0.05, 0) is 37.9 Å². The Labute approximate surface area is 117 Å². The Kier molecular flexibility index (Phi) is 4.68. The molecule has 1 amide bonds. The van der Waals surface area contributed by atoms with Crippen molar-refractivity contribution in [3.63, 3.8) is 0 Å². The third-order valence-electron chi connectivity index (χ3n) is 3.59. The van der Waals surface area contributed by atoms with Crippen LogP contribution in [0, 0.1) is 17.0 Å². The largest absolute Gasteiger partial charge is 0.350 e. The molecule has 1 atom stereocenters. The van der Waals surface area contributed by atoms with Gasteiger partial charge in [0.25, 0.3) is 11.6 Å². The maximum atomic E-state index is 12.1. The van der Waals surface area contributed by atoms with Crippen molar-refractivity contribution in [2.45, 2.75) is 32.2 Å². The second-order valence-corrected chi connectivity index (χ2v) is 5.11. The molecule has 1 unspecified atom stereocenters. The second kappa shape index (κ2) is 6.47. The topological polar surface area (TPSA) is 84.3 Å². The third kappa shape index (κ3) is 3.54. The van der Waals surface area contributed by atoms with Crippen LogP contribution in [-0.4, -0.2) is 30.0 Å². The molecule has 0 radical (unpaired) electrons. The minimum atomic E-state index is -0.458. The lowest BCUT2D eigenvalue weighted by atomic mass is 10.0. The first-order valence-electron chi connectivity index (χ1n) is 6.84. The molecule has 1 aromatic carbocycles. The number of nitrogens with zero attached hydrogens (tertiary/aromatic N) is 1. The zero-order chi connectivity index (χ0) is 14.5. The number of hydrogen-bond acceptors (Lipinski definition) is 4. The van der Waals surface area contributed by atoms with Gasteiger partial charge in [0, 0.05) is 30.3 Å². The summed E-state index contributed by atoms with van der Waals surface area (Å²) in [5, 5.41) is 16.9. The quantitative estimate of drug-likeness (QED) is 0.649. The number of piperidine rings is 1. The van der Waals surface area contributed by atoms with Gasteiger partial charge in [-0.2, -0.15) is 0 Å². The lowest BCUT2D eigenvalue weighted by Crippen LogP contribution is -2.43. The first-order valence-corrected chi connectivity index (χ1v) is 6.84. The summed E-state index contributed by atoms with van der Waals surface area (Å²) in [7, 11) is 0. The van der Waals surface area contributed by atoms with Crippen LogP contribution in [0.5, 0.6) is 0 Å². The van der Waals surface area contributed by atoms with Gasteiger partial charge in [-0.15, -0.1) is 0 Å². The number of carbonyl (C=O) groups excluding carboxylic acids is 1. The highest BCUT2D eigenvalue weighted by atomic mass is 16.6. The summed E-state index contributed by atoms with van der Waals surface area (Å²) < 4.78 is 0. The third-order valence-corrected chi connectivity index (χ3v) is 3.59. The van der Waals surface area contributed by atoms with Gasteiger partial charge >= 0.3 is 0 Å². The number of nitro benzene ring substituents is 1. The number of nitrogens with one attached hydrogen (secondary N) is 2. The summed E-state index contributed by atoms with van der Waals surface area (Å²) in [4.78, 5) is 22.3. The molecule has 0 spiro atoms. The van der Waals surface area contributed by atoms with E-state index in [-0.39, 0.29) is 11.6 Å². The minimum Gasteiger partial charge on any atom is -0.350 e. The molecule has 108 valence electrons. The molecule has 20 heavy (non-hydrogen) atoms. The number of carbonyl (C=O) groups is 1. The van der Waals surface area contributed by atoms with Crippen molar-refractivity contribution in [2.75, 3.05) is 13.1 Å². The molecule has 2 N–H and O–H groups in total. The van der Waals surface area contributed by atoms with Gasteiger partial charge in [0.15, 0.2) is 0 Å². The van der Waals surface area contributed by atoms with E-state index in [1.165, 1.54) is 31.0 Å². The SMILES string of the molecule is Cc1cc([N+](=O)[O-])ccc1C(=O)NCC1CCCCN1. The lowest BCUT2D eigenvalue weighted by molar-refractivity contribution is -0.384. The van der Waals surface area contributed by atoms with Gasteiger partial charge in [-0.25, -0.2) is 0 Å². The Bertz CT molecular complexity index is 510. The first-order chi connectivity index (χ1) is 9.58. The van der Waals surface area contributed by atoms with Crippen LogP contribution in [0.4, 0.5) is 5.69 Å². The number of hydrogen-bond donors (Lipinski definition) is 2. The Morgan fingerprint density at radius 3 is 2.90 bits per heavy atom. The first kappa shape index (κ1) is 14.5. The van der Waals surface area contributed by atoms with Gasteiger partial charge in [0.2, 0.25) is 0 Å². The van der Waals surface area contributed by atoms with Gasteiger partial charge in [-0.3, -0.25) is 14.9 Å². The molecular weight excluding hydrogens is 258 g/mol. The van der Waals surface area contributed by atoms with Crippen molar-refractivity contribution in [3.05, 3.63) is 39.4 Å². The van der Waals surface area contributed by atoms with Crippen LogP contribution < -0.4 is 10.6 Å². The van der Waals surface area contributed by atoms with Crippen LogP contribution in [-0.2, 0) is 0 Å². The number of benzene rings is 1. The summed E-state index contributed by atoms with van der Waals surface area (Å²) in [6.45, 7) is 3.30. The molecule has 1 aromatic rings. The maximum Gasteiger partial charge on any atom is 0.269 e. The molecule has 0 saturated carbocycles. The highest BCUT2D eigenvalue weighted by Crippen LogP contribution is 2.17. The van der Waals surface area contributed by atoms with Crippen LogP contribution in [0.1, 0.15) is 35.2 Å². The van der Waals surface area contributed by atoms with Gasteiger partial charge in [0.1, 0.15) is 0 Å². The van der Waals surface area contributed by atoms with E-state index in [9.17, 15) is 14.9 Å². The van der Waals surface area contributed by atoms with Gasteiger partial charge in [0.05, 0.1) is 4.92 Å². The number of aryl methyl sites for hydroxylation is 1. The summed E-state index contributed by atoms with van der Waals surface area (Å²) in [6, 6.07) is 4.62. The molecule has 0 aliphatic carbocycles. The standard InChI is InChI=1S/C14H19N3O3/c1-10-8-12(17(19)20)5-6-13(10)14(18)16-9-11-4-2-3-7-15-11/h5-6,8,11,15H,2-4,7,9H2,1H3,(H,16,18). The summed E-state index contributed by atoms with van der Waals surface area (Å²) in [5.74, 6) is -0.176. The predicted octanol–water partition coefficient (Wildman–Crippen LogP) is 1.78. The maximum absolute atomic E-state index is 12.1. The highest BCUT2D eigenvalue weighted by Gasteiger charge is 2.16. The Balaban J connectivity index is 1.96. The van der Waals surface area contributed by atoms with E-state index in [1.54, 1.807) is 6.92 Å². The number of amides is 1. The van der Waals surface area contributed by atoms with E-state index in [1.807, 2.05) is 0 Å². The van der Waals surface area contributed by atoms with E-state index in [4.69, 9.17) is 0 Å². The van der Waals surface area contributed by atoms with Gasteiger partial charge in [-0.1, -0.05) is 6.42 Å². The fraction of sp³-hybridized carbons (Fsp3) is 0.500. The zero-order valence-corrected chi connectivity index (χ0v) is 11.5. The molecule has 1 aliphatic heterocycles. The lowest BCUT2D eigenvalue weighted by Gasteiger charge is -2.23. The normalized spacial score (nSPS) is 18.6. The molecular formula is C14H19N3O3. The molecule has 1 aliphatic rings. The van der Waals surface area contributed by atoms with Crippen LogP contribution in [0.3, 0.4) is 0 Å². The van der Waals surface area contributed by atoms with Crippen molar-refractivity contribution in [1.29, 1.82) is 0 Å². The minimum absolute atomic E-state index is 0.00740. The van der Waals surface area contributed by atoms with E-state index in [2.05, 4.69) is 10.6 Å². The Morgan fingerprint density at radius 2 is 2.30 bits per heavy atom. The molecule has 6 heteroatoms. The van der Waals surface area contributed by atoms with Crippen molar-refractivity contribution < 1.29 is 9.72 Å². The fourth-order valence-electron chi connectivity index (χ4n) is 2.43. The van der Waals surface area contributed by atoms with Crippen molar-refractivity contribution >= 4 is 11.6 Å². The molecule has 0 bridgehead atoms.